The van der Waals surface area contributed by atoms with Gasteiger partial charge in [-0.1, -0.05) is 29.8 Å². The molecule has 9 heteroatoms. The number of aromatic hydroxyl groups is 1. The lowest BCUT2D eigenvalue weighted by atomic mass is 10.3. The average Bonchev–Trinajstić information content (AvgIpc) is 2.76. The van der Waals surface area contributed by atoms with Crippen LogP contribution in [0.5, 0.6) is 11.6 Å². The van der Waals surface area contributed by atoms with Crippen molar-refractivity contribution >= 4 is 34.1 Å². The van der Waals surface area contributed by atoms with Gasteiger partial charge in [-0.15, -0.1) is 11.8 Å². The molecule has 1 N–H and O–H groups in total. The minimum absolute atomic E-state index is 0.0424. The van der Waals surface area contributed by atoms with E-state index in [0.29, 0.717) is 23.1 Å². The normalized spacial score (nSPS) is 11.5. The van der Waals surface area contributed by atoms with Crippen LogP contribution in [0.15, 0.2) is 69.2 Å². The summed E-state index contributed by atoms with van der Waals surface area (Å²) in [6.45, 7) is 0.362. The van der Waals surface area contributed by atoms with Crippen LogP contribution in [0.2, 0.25) is 5.02 Å². The summed E-state index contributed by atoms with van der Waals surface area (Å²) in [5.74, 6) is 0.759. The zero-order valence-corrected chi connectivity index (χ0v) is 18.0. The minimum Gasteiger partial charge on any atom is -0.494 e. The fraction of sp³-hybridized carbons (Fsp3) is 0.190. The summed E-state index contributed by atoms with van der Waals surface area (Å²) >= 11 is 7.18. The number of aromatic nitrogens is 2. The van der Waals surface area contributed by atoms with E-state index in [0.717, 1.165) is 14.9 Å². The smallest absolute Gasteiger partial charge is 0.333 e. The van der Waals surface area contributed by atoms with Crippen LogP contribution in [0.3, 0.4) is 0 Å². The maximum absolute atomic E-state index is 12.7. The Labute approximate surface area is 182 Å². The minimum atomic E-state index is -0.625. The molecule has 0 unspecified atom stereocenters. The van der Waals surface area contributed by atoms with E-state index in [4.69, 9.17) is 16.3 Å². The van der Waals surface area contributed by atoms with Gasteiger partial charge in [-0.05, 0) is 36.4 Å². The number of ether oxygens (including phenoxy) is 1. The average molecular weight is 446 g/mol. The van der Waals surface area contributed by atoms with Gasteiger partial charge in [0.25, 0.3) is 5.56 Å². The van der Waals surface area contributed by atoms with Crippen molar-refractivity contribution in [2.45, 2.75) is 0 Å². The Hall–Kier alpha value is -2.97. The van der Waals surface area contributed by atoms with Gasteiger partial charge in [-0.2, -0.15) is 0 Å². The molecule has 0 bridgehead atoms. The van der Waals surface area contributed by atoms with Crippen LogP contribution < -0.4 is 16.0 Å². The van der Waals surface area contributed by atoms with Gasteiger partial charge in [-0.3, -0.25) is 13.9 Å². The van der Waals surface area contributed by atoms with Crippen molar-refractivity contribution in [2.75, 3.05) is 12.4 Å². The fourth-order valence-electron chi connectivity index (χ4n) is 2.63. The number of para-hydroxylation sites is 1. The van der Waals surface area contributed by atoms with Crippen molar-refractivity contribution in [1.29, 1.82) is 0 Å². The van der Waals surface area contributed by atoms with Crippen molar-refractivity contribution < 1.29 is 9.84 Å². The molecule has 0 atom stereocenters. The summed E-state index contributed by atoms with van der Waals surface area (Å²) < 4.78 is 7.64. The summed E-state index contributed by atoms with van der Waals surface area (Å²) in [6, 6.07) is 16.1. The first-order chi connectivity index (χ1) is 14.4. The number of nitrogens with zero attached hydrogens (tertiary/aromatic N) is 3. The highest BCUT2D eigenvalue weighted by Gasteiger charge is 2.21. The first-order valence-electron chi connectivity index (χ1n) is 9.02. The lowest BCUT2D eigenvalue weighted by Gasteiger charge is -2.13. The first kappa shape index (κ1) is 21.7. The highest BCUT2D eigenvalue weighted by Crippen LogP contribution is 2.24. The lowest BCUT2D eigenvalue weighted by Crippen LogP contribution is -2.39. The van der Waals surface area contributed by atoms with E-state index in [9.17, 15) is 14.7 Å². The maximum Gasteiger partial charge on any atom is 0.333 e. The molecule has 7 nitrogen and oxygen atoms in total. The Morgan fingerprint density at radius 1 is 1.07 bits per heavy atom. The number of halogens is 1. The Morgan fingerprint density at radius 2 is 1.73 bits per heavy atom. The SMILES string of the molecule is Cn1c(O)c(C(=Nc2ccc(Cl)cc2)SCCOc2ccccc2)c(=O)n(C)c1=O. The number of benzene rings is 2. The van der Waals surface area contributed by atoms with Crippen LogP contribution in [0, 0.1) is 0 Å². The summed E-state index contributed by atoms with van der Waals surface area (Å²) in [4.78, 5) is 29.4. The third kappa shape index (κ3) is 4.95. The fourth-order valence-corrected chi connectivity index (χ4v) is 3.61. The van der Waals surface area contributed by atoms with Crippen molar-refractivity contribution in [1.82, 2.24) is 9.13 Å². The van der Waals surface area contributed by atoms with E-state index in [1.165, 1.54) is 25.9 Å². The number of hydrogen-bond acceptors (Lipinski definition) is 6. The number of hydrogen-bond donors (Lipinski definition) is 1. The molecule has 2 aromatic carbocycles. The van der Waals surface area contributed by atoms with E-state index in [1.54, 1.807) is 24.3 Å². The molecular weight excluding hydrogens is 426 g/mol. The van der Waals surface area contributed by atoms with Gasteiger partial charge in [-0.25, -0.2) is 9.79 Å². The Kier molecular flexibility index (Phi) is 7.02. The van der Waals surface area contributed by atoms with Crippen molar-refractivity contribution in [2.24, 2.45) is 19.1 Å². The van der Waals surface area contributed by atoms with Gasteiger partial charge in [0.2, 0.25) is 5.88 Å². The molecule has 1 heterocycles. The molecule has 0 radical (unpaired) electrons. The Balaban J connectivity index is 1.93. The van der Waals surface area contributed by atoms with E-state index < -0.39 is 17.1 Å². The quantitative estimate of drug-likeness (QED) is 0.357. The number of aliphatic imine (C=N–C) groups is 1. The molecule has 0 aliphatic heterocycles. The molecule has 1 aromatic heterocycles. The topological polar surface area (TPSA) is 85.8 Å². The standard InChI is InChI=1S/C21H20ClN3O4S/c1-24-19(26)17(20(27)25(2)21(24)28)18(23-15-10-8-14(22)9-11-15)30-13-12-29-16-6-4-3-5-7-16/h3-11,26H,12-13H2,1-2H3. The largest absolute Gasteiger partial charge is 0.494 e. The van der Waals surface area contributed by atoms with Gasteiger partial charge in [0.1, 0.15) is 16.4 Å². The molecule has 0 aliphatic rings. The zero-order valence-electron chi connectivity index (χ0n) is 16.4. The van der Waals surface area contributed by atoms with Crippen LogP contribution in [-0.4, -0.2) is 31.6 Å². The summed E-state index contributed by atoms with van der Waals surface area (Å²) in [5, 5.41) is 11.3. The van der Waals surface area contributed by atoms with Crippen LogP contribution in [0.4, 0.5) is 5.69 Å². The van der Waals surface area contributed by atoms with Gasteiger partial charge in [0.05, 0.1) is 12.3 Å². The Bertz CT molecular complexity index is 1170. The van der Waals surface area contributed by atoms with Gasteiger partial charge in [0, 0.05) is 24.9 Å². The molecular formula is C21H20ClN3O4S. The third-order valence-electron chi connectivity index (χ3n) is 4.24. The molecule has 3 rings (SSSR count). The number of thioether (sulfide) groups is 1. The second-order valence-electron chi connectivity index (χ2n) is 6.31. The Morgan fingerprint density at radius 3 is 2.40 bits per heavy atom. The predicted molar refractivity (Wildman–Crippen MR) is 121 cm³/mol. The van der Waals surface area contributed by atoms with E-state index >= 15 is 0 Å². The van der Waals surface area contributed by atoms with Crippen LogP contribution >= 0.6 is 23.4 Å². The zero-order chi connectivity index (χ0) is 21.7. The summed E-state index contributed by atoms with van der Waals surface area (Å²) in [6.07, 6.45) is 0. The second-order valence-corrected chi connectivity index (χ2v) is 7.83. The van der Waals surface area contributed by atoms with Gasteiger partial charge in [0.15, 0.2) is 0 Å². The van der Waals surface area contributed by atoms with Crippen molar-refractivity contribution in [3.8, 4) is 11.6 Å². The second kappa shape index (κ2) is 9.69. The molecule has 3 aromatic rings. The first-order valence-corrected chi connectivity index (χ1v) is 10.4. The van der Waals surface area contributed by atoms with E-state index in [2.05, 4.69) is 4.99 Å². The molecule has 0 saturated heterocycles. The van der Waals surface area contributed by atoms with Gasteiger partial charge >= 0.3 is 5.69 Å². The highest BCUT2D eigenvalue weighted by atomic mass is 35.5. The summed E-state index contributed by atoms with van der Waals surface area (Å²) in [7, 11) is 2.75. The predicted octanol–water partition coefficient (Wildman–Crippen LogP) is 3.33. The van der Waals surface area contributed by atoms with Crippen LogP contribution in [-0.2, 0) is 14.1 Å². The highest BCUT2D eigenvalue weighted by molar-refractivity contribution is 8.14. The molecule has 0 amide bonds. The number of rotatable bonds is 6. The van der Waals surface area contributed by atoms with Crippen molar-refractivity contribution in [3.63, 3.8) is 0 Å². The van der Waals surface area contributed by atoms with Crippen LogP contribution in [0.1, 0.15) is 5.56 Å². The monoisotopic (exact) mass is 445 g/mol. The van der Waals surface area contributed by atoms with Gasteiger partial charge < -0.3 is 9.84 Å². The molecule has 0 saturated carbocycles. The maximum atomic E-state index is 12.7. The molecule has 0 fully saturated rings. The molecule has 156 valence electrons. The van der Waals surface area contributed by atoms with E-state index in [1.807, 2.05) is 30.3 Å². The lowest BCUT2D eigenvalue weighted by molar-refractivity contribution is 0.344. The van der Waals surface area contributed by atoms with E-state index in [-0.39, 0.29) is 10.6 Å². The third-order valence-corrected chi connectivity index (χ3v) is 5.43. The molecule has 0 aliphatic carbocycles. The molecule has 30 heavy (non-hydrogen) atoms. The molecule has 0 spiro atoms. The van der Waals surface area contributed by atoms with Crippen molar-refractivity contribution in [3.05, 3.63) is 86.0 Å². The summed E-state index contributed by atoms with van der Waals surface area (Å²) in [5.41, 5.74) is -0.732. The van der Waals surface area contributed by atoms with Crippen LogP contribution in [0.25, 0.3) is 0 Å².